The Hall–Kier alpha value is -1.96. The number of phenols is 1. The summed E-state index contributed by atoms with van der Waals surface area (Å²) < 4.78 is 0. The predicted octanol–water partition coefficient (Wildman–Crippen LogP) is 4.27. The molecule has 2 nitrogen and oxygen atoms in total. The molecule has 1 atom stereocenters. The number of nitrogens with zero attached hydrogens (tertiary/aromatic N) is 1. The molecule has 21 heavy (non-hydrogen) atoms. The van der Waals surface area contributed by atoms with E-state index in [0.29, 0.717) is 11.7 Å². The van der Waals surface area contributed by atoms with Crippen molar-refractivity contribution < 1.29 is 5.11 Å². The van der Waals surface area contributed by atoms with Crippen LogP contribution >= 0.6 is 0 Å². The van der Waals surface area contributed by atoms with Crippen molar-refractivity contribution in [1.82, 2.24) is 0 Å². The lowest BCUT2D eigenvalue weighted by molar-refractivity contribution is 0.460. The second kappa shape index (κ2) is 7.16. The highest BCUT2D eigenvalue weighted by Crippen LogP contribution is 2.29. The van der Waals surface area contributed by atoms with Crippen LogP contribution in [0.2, 0.25) is 0 Å². The third-order valence-electron chi connectivity index (χ3n) is 3.92. The van der Waals surface area contributed by atoms with Crippen molar-refractivity contribution in [2.45, 2.75) is 26.2 Å². The Labute approximate surface area is 128 Å². The zero-order valence-corrected chi connectivity index (χ0v) is 13.2. The fourth-order valence-electron chi connectivity index (χ4n) is 2.75. The molecule has 0 aliphatic rings. The fraction of sp³-hybridized carbons (Fsp3) is 0.368. The van der Waals surface area contributed by atoms with Gasteiger partial charge in [0.2, 0.25) is 0 Å². The molecule has 0 aliphatic heterocycles. The van der Waals surface area contributed by atoms with Gasteiger partial charge in [0, 0.05) is 25.3 Å². The van der Waals surface area contributed by atoms with Crippen molar-refractivity contribution >= 4 is 5.69 Å². The van der Waals surface area contributed by atoms with Crippen molar-refractivity contribution in [2.24, 2.45) is 5.92 Å². The topological polar surface area (TPSA) is 23.5 Å². The van der Waals surface area contributed by atoms with Crippen LogP contribution in [0, 0.1) is 5.92 Å². The molecule has 112 valence electrons. The van der Waals surface area contributed by atoms with Crippen LogP contribution in [0.4, 0.5) is 5.69 Å². The minimum absolute atomic E-state index is 0.410. The first-order chi connectivity index (χ1) is 10.1. The summed E-state index contributed by atoms with van der Waals surface area (Å²) >= 11 is 0. The largest absolute Gasteiger partial charge is 0.508 e. The van der Waals surface area contributed by atoms with Gasteiger partial charge in [0.25, 0.3) is 0 Å². The second-order valence-electron chi connectivity index (χ2n) is 6.00. The Morgan fingerprint density at radius 2 is 1.71 bits per heavy atom. The van der Waals surface area contributed by atoms with Gasteiger partial charge in [-0.25, -0.2) is 0 Å². The summed E-state index contributed by atoms with van der Waals surface area (Å²) in [5.74, 6) is 1.01. The zero-order valence-electron chi connectivity index (χ0n) is 13.2. The molecule has 0 bridgehead atoms. The SMILES string of the molecule is CC(CCc1c(O)cccc1N(C)C)Cc1ccccc1. The van der Waals surface area contributed by atoms with Gasteiger partial charge in [0.1, 0.15) is 5.75 Å². The first-order valence-corrected chi connectivity index (χ1v) is 7.60. The summed E-state index contributed by atoms with van der Waals surface area (Å²) in [4.78, 5) is 2.07. The molecule has 0 fully saturated rings. The maximum absolute atomic E-state index is 10.1. The minimum atomic E-state index is 0.410. The number of hydrogen-bond donors (Lipinski definition) is 1. The van der Waals surface area contributed by atoms with Crippen molar-refractivity contribution in [3.05, 3.63) is 59.7 Å². The molecule has 0 radical (unpaired) electrons. The molecule has 2 aromatic carbocycles. The minimum Gasteiger partial charge on any atom is -0.508 e. The molecule has 0 amide bonds. The van der Waals surface area contributed by atoms with Gasteiger partial charge in [-0.3, -0.25) is 0 Å². The fourth-order valence-corrected chi connectivity index (χ4v) is 2.75. The smallest absolute Gasteiger partial charge is 0.120 e. The summed E-state index contributed by atoms with van der Waals surface area (Å²) in [5.41, 5.74) is 3.56. The summed E-state index contributed by atoms with van der Waals surface area (Å²) in [6, 6.07) is 16.4. The predicted molar refractivity (Wildman–Crippen MR) is 90.1 cm³/mol. The number of rotatable bonds is 6. The van der Waals surface area contributed by atoms with E-state index < -0.39 is 0 Å². The zero-order chi connectivity index (χ0) is 15.2. The standard InChI is InChI=1S/C19H25NO/c1-15(14-16-8-5-4-6-9-16)12-13-17-18(20(2)3)10-7-11-19(17)21/h4-11,15,21H,12-14H2,1-3H3. The third kappa shape index (κ3) is 4.25. The molecule has 0 aromatic heterocycles. The van der Waals surface area contributed by atoms with E-state index in [1.807, 2.05) is 20.2 Å². The monoisotopic (exact) mass is 283 g/mol. The Morgan fingerprint density at radius 3 is 2.38 bits per heavy atom. The quantitative estimate of drug-likeness (QED) is 0.856. The van der Waals surface area contributed by atoms with Crippen LogP contribution in [0.15, 0.2) is 48.5 Å². The summed E-state index contributed by atoms with van der Waals surface area (Å²) in [7, 11) is 4.04. The van der Waals surface area contributed by atoms with E-state index in [4.69, 9.17) is 0 Å². The molecule has 0 saturated heterocycles. The highest BCUT2D eigenvalue weighted by atomic mass is 16.3. The first-order valence-electron chi connectivity index (χ1n) is 7.60. The normalized spacial score (nSPS) is 12.1. The van der Waals surface area contributed by atoms with Crippen LogP contribution in [0.5, 0.6) is 5.75 Å². The summed E-state index contributed by atoms with van der Waals surface area (Å²) in [5, 5.41) is 10.1. The van der Waals surface area contributed by atoms with E-state index in [0.717, 1.165) is 30.5 Å². The molecule has 2 rings (SSSR count). The van der Waals surface area contributed by atoms with Gasteiger partial charge < -0.3 is 10.0 Å². The highest BCUT2D eigenvalue weighted by molar-refractivity contribution is 5.58. The number of aromatic hydroxyl groups is 1. The number of benzene rings is 2. The van der Waals surface area contributed by atoms with Crippen LogP contribution in [0.1, 0.15) is 24.5 Å². The third-order valence-corrected chi connectivity index (χ3v) is 3.92. The van der Waals surface area contributed by atoms with Crippen LogP contribution in [-0.4, -0.2) is 19.2 Å². The average Bonchev–Trinajstić information content (AvgIpc) is 2.46. The molecule has 1 unspecified atom stereocenters. The van der Waals surface area contributed by atoms with Gasteiger partial charge in [0.15, 0.2) is 0 Å². The van der Waals surface area contributed by atoms with Crippen molar-refractivity contribution in [1.29, 1.82) is 0 Å². The molecule has 0 heterocycles. The maximum Gasteiger partial charge on any atom is 0.120 e. The Morgan fingerprint density at radius 1 is 1.00 bits per heavy atom. The summed E-state index contributed by atoms with van der Waals surface area (Å²) in [6.07, 6.45) is 3.08. The lowest BCUT2D eigenvalue weighted by atomic mass is 9.93. The maximum atomic E-state index is 10.1. The van der Waals surface area contributed by atoms with E-state index in [1.165, 1.54) is 5.56 Å². The molecule has 2 aromatic rings. The number of hydrogen-bond acceptors (Lipinski definition) is 2. The van der Waals surface area contributed by atoms with Crippen LogP contribution in [0.3, 0.4) is 0 Å². The number of phenolic OH excluding ortho intramolecular Hbond substituents is 1. The van der Waals surface area contributed by atoms with Crippen LogP contribution in [-0.2, 0) is 12.8 Å². The van der Waals surface area contributed by atoms with Gasteiger partial charge in [0.05, 0.1) is 0 Å². The second-order valence-corrected chi connectivity index (χ2v) is 6.00. The van der Waals surface area contributed by atoms with E-state index in [1.54, 1.807) is 6.07 Å². The molecular weight excluding hydrogens is 258 g/mol. The molecule has 0 spiro atoms. The number of anilines is 1. The Bertz CT molecular complexity index is 563. The molecule has 1 N–H and O–H groups in total. The molecule has 0 aliphatic carbocycles. The Kier molecular flexibility index (Phi) is 5.26. The van der Waals surface area contributed by atoms with Gasteiger partial charge >= 0.3 is 0 Å². The summed E-state index contributed by atoms with van der Waals surface area (Å²) in [6.45, 7) is 2.28. The van der Waals surface area contributed by atoms with Crippen LogP contribution in [0.25, 0.3) is 0 Å². The van der Waals surface area contributed by atoms with Gasteiger partial charge in [-0.1, -0.05) is 43.3 Å². The average molecular weight is 283 g/mol. The van der Waals surface area contributed by atoms with Crippen LogP contribution < -0.4 is 4.90 Å². The van der Waals surface area contributed by atoms with Gasteiger partial charge in [-0.15, -0.1) is 0 Å². The van der Waals surface area contributed by atoms with Crippen molar-refractivity contribution in [2.75, 3.05) is 19.0 Å². The lowest BCUT2D eigenvalue weighted by Gasteiger charge is -2.19. The lowest BCUT2D eigenvalue weighted by Crippen LogP contribution is -2.12. The molecular formula is C19H25NO. The van der Waals surface area contributed by atoms with Crippen molar-refractivity contribution in [3.8, 4) is 5.75 Å². The highest BCUT2D eigenvalue weighted by Gasteiger charge is 2.11. The molecule has 0 saturated carbocycles. The Balaban J connectivity index is 2.00. The van der Waals surface area contributed by atoms with E-state index >= 15 is 0 Å². The van der Waals surface area contributed by atoms with E-state index in [-0.39, 0.29) is 0 Å². The van der Waals surface area contributed by atoms with Crippen molar-refractivity contribution in [3.63, 3.8) is 0 Å². The van der Waals surface area contributed by atoms with E-state index in [2.05, 4.69) is 48.2 Å². The van der Waals surface area contributed by atoms with Gasteiger partial charge in [-0.2, -0.15) is 0 Å². The first kappa shape index (κ1) is 15.4. The van der Waals surface area contributed by atoms with E-state index in [9.17, 15) is 5.11 Å². The molecule has 2 heteroatoms. The van der Waals surface area contributed by atoms with Gasteiger partial charge in [-0.05, 0) is 42.9 Å².